The number of imidazole rings is 1. The van der Waals surface area contributed by atoms with Crippen molar-refractivity contribution in [1.82, 2.24) is 19.5 Å². The van der Waals surface area contributed by atoms with E-state index in [0.29, 0.717) is 11.2 Å². The lowest BCUT2D eigenvalue weighted by Crippen LogP contribution is -2.33. The third kappa shape index (κ3) is 1.75. The zero-order valence-corrected chi connectivity index (χ0v) is 9.79. The molecular formula is C10H13N5O4. The van der Waals surface area contributed by atoms with Crippen LogP contribution < -0.4 is 5.73 Å². The van der Waals surface area contributed by atoms with Gasteiger partial charge in [-0.1, -0.05) is 0 Å². The molecular weight excluding hydrogens is 253 g/mol. The van der Waals surface area contributed by atoms with Gasteiger partial charge >= 0.3 is 0 Å². The molecule has 9 nitrogen and oxygen atoms in total. The van der Waals surface area contributed by atoms with Crippen LogP contribution in [0.25, 0.3) is 11.2 Å². The quantitative estimate of drug-likeness (QED) is 0.490. The first-order valence-electron chi connectivity index (χ1n) is 5.69. The van der Waals surface area contributed by atoms with Crippen molar-refractivity contribution >= 4 is 17.0 Å². The monoisotopic (exact) mass is 266 g/mol. The number of hydrogen-bond donors (Lipinski definition) is 4. The molecule has 3 rings (SSSR count). The van der Waals surface area contributed by atoms with Gasteiger partial charge in [-0.3, -0.25) is 4.57 Å². The van der Waals surface area contributed by atoms with E-state index in [1.807, 2.05) is 0 Å². The van der Waals surface area contributed by atoms with E-state index in [1.165, 1.54) is 17.2 Å². The van der Waals surface area contributed by atoms with Gasteiger partial charge in [0.05, 0.1) is 12.9 Å². The first-order chi connectivity index (χ1) is 9.13. The molecule has 3 heterocycles. The van der Waals surface area contributed by atoms with Crippen LogP contribution in [-0.2, 0) is 4.74 Å². The van der Waals surface area contributed by atoms with Gasteiger partial charge in [0.2, 0.25) is 0 Å². The Bertz CT molecular complexity index is 603. The van der Waals surface area contributed by atoms with Crippen LogP contribution in [0, 0.1) is 0 Å². The molecule has 1 saturated heterocycles. The number of aliphatic hydroxyl groups is 3. The Kier molecular flexibility index (Phi) is 2.82. The molecule has 0 spiro atoms. The Hall–Kier alpha value is -1.81. The first kappa shape index (κ1) is 12.2. The normalized spacial score (nSPS) is 31.1. The van der Waals surface area contributed by atoms with Gasteiger partial charge < -0.3 is 25.8 Å². The molecule has 4 atom stereocenters. The average molecular weight is 266 g/mol. The summed E-state index contributed by atoms with van der Waals surface area (Å²) in [5.41, 5.74) is 6.44. The minimum absolute atomic E-state index is 0.218. The number of hydrogen-bond acceptors (Lipinski definition) is 8. The number of ether oxygens (including phenoxy) is 1. The first-order valence-corrected chi connectivity index (χ1v) is 5.69. The molecule has 0 radical (unpaired) electrons. The van der Waals surface area contributed by atoms with Crippen molar-refractivity contribution in [2.24, 2.45) is 0 Å². The number of rotatable bonds is 2. The van der Waals surface area contributed by atoms with Gasteiger partial charge in [-0.25, -0.2) is 15.0 Å². The van der Waals surface area contributed by atoms with Gasteiger partial charge in [0, 0.05) is 0 Å². The standard InChI is InChI=1S/C10H13N5O4/c11-8-5-9(13-2-12-8)15(3-14-5)10-7(18)6(17)4(1-16)19-10/h2-4,6-7,10,16-18H,1H2,(H2,11,12,13)/i11-1. The van der Waals surface area contributed by atoms with Crippen LogP contribution in [0.1, 0.15) is 6.23 Å². The number of aliphatic hydroxyl groups excluding tert-OH is 3. The van der Waals surface area contributed by atoms with E-state index >= 15 is 0 Å². The number of anilines is 1. The lowest BCUT2D eigenvalue weighted by atomic mass is 10.1. The summed E-state index contributed by atoms with van der Waals surface area (Å²) in [6, 6.07) is 0. The fourth-order valence-corrected chi connectivity index (χ4v) is 2.17. The van der Waals surface area contributed by atoms with Gasteiger partial charge in [0.1, 0.15) is 30.2 Å². The van der Waals surface area contributed by atoms with E-state index < -0.39 is 31.1 Å². The Balaban J connectivity index is 2.04. The Morgan fingerprint density at radius 1 is 1.26 bits per heavy atom. The van der Waals surface area contributed by atoms with Crippen LogP contribution in [0.4, 0.5) is 5.82 Å². The van der Waals surface area contributed by atoms with Crippen LogP contribution in [0.3, 0.4) is 0 Å². The van der Waals surface area contributed by atoms with Crippen molar-refractivity contribution in [1.29, 1.82) is 0 Å². The second kappa shape index (κ2) is 4.38. The number of fused-ring (bicyclic) bond motifs is 1. The molecule has 102 valence electrons. The molecule has 9 heteroatoms. The zero-order chi connectivity index (χ0) is 13.6. The molecule has 0 aliphatic carbocycles. The lowest BCUT2D eigenvalue weighted by molar-refractivity contribution is -0.0511. The second-order valence-electron chi connectivity index (χ2n) is 4.31. The molecule has 2 aromatic heterocycles. The summed E-state index contributed by atoms with van der Waals surface area (Å²) in [5, 5.41) is 28.7. The van der Waals surface area contributed by atoms with E-state index in [4.69, 9.17) is 15.6 Å². The molecule has 0 saturated carbocycles. The number of nitrogen functional groups attached to an aromatic ring is 1. The maximum Gasteiger partial charge on any atom is 0.167 e. The largest absolute Gasteiger partial charge is 0.394 e. The van der Waals surface area contributed by atoms with Crippen molar-refractivity contribution in [2.45, 2.75) is 24.5 Å². The molecule has 0 bridgehead atoms. The van der Waals surface area contributed by atoms with Crippen molar-refractivity contribution in [3.63, 3.8) is 0 Å². The molecule has 1 fully saturated rings. The zero-order valence-electron chi connectivity index (χ0n) is 9.79. The van der Waals surface area contributed by atoms with E-state index in [0.717, 1.165) is 0 Å². The molecule has 5 N–H and O–H groups in total. The molecule has 1 aliphatic heterocycles. The Morgan fingerprint density at radius 2 is 2.05 bits per heavy atom. The van der Waals surface area contributed by atoms with Gasteiger partial charge in [0.15, 0.2) is 17.7 Å². The highest BCUT2D eigenvalue weighted by molar-refractivity contribution is 5.81. The summed E-state index contributed by atoms with van der Waals surface area (Å²) < 4.78 is 6.85. The van der Waals surface area contributed by atoms with Crippen LogP contribution in [0.15, 0.2) is 12.7 Å². The molecule has 0 amide bonds. The fourth-order valence-electron chi connectivity index (χ4n) is 2.17. The van der Waals surface area contributed by atoms with Gasteiger partial charge in [-0.15, -0.1) is 0 Å². The lowest BCUT2D eigenvalue weighted by Gasteiger charge is -2.16. The minimum Gasteiger partial charge on any atom is -0.394 e. The third-order valence-corrected chi connectivity index (χ3v) is 3.18. The maximum absolute atomic E-state index is 9.95. The van der Waals surface area contributed by atoms with Crippen LogP contribution in [-0.4, -0.2) is 59.8 Å². The van der Waals surface area contributed by atoms with Crippen LogP contribution in [0.2, 0.25) is 0 Å². The minimum atomic E-state index is -1.19. The second-order valence-corrected chi connectivity index (χ2v) is 4.31. The average Bonchev–Trinajstić information content (AvgIpc) is 2.94. The summed E-state index contributed by atoms with van der Waals surface area (Å²) in [7, 11) is 0. The van der Waals surface area contributed by atoms with Gasteiger partial charge in [-0.05, 0) is 0 Å². The summed E-state index contributed by atoms with van der Waals surface area (Å²) >= 11 is 0. The van der Waals surface area contributed by atoms with Crippen molar-refractivity contribution < 1.29 is 20.1 Å². The smallest absolute Gasteiger partial charge is 0.167 e. The van der Waals surface area contributed by atoms with E-state index in [1.54, 1.807) is 0 Å². The highest BCUT2D eigenvalue weighted by atomic mass is 16.6. The van der Waals surface area contributed by atoms with Crippen molar-refractivity contribution in [3.8, 4) is 0 Å². The summed E-state index contributed by atoms with van der Waals surface area (Å²) in [6.07, 6.45) is -1.42. The summed E-state index contributed by atoms with van der Waals surface area (Å²) in [4.78, 5) is 11.9. The third-order valence-electron chi connectivity index (χ3n) is 3.18. The fraction of sp³-hybridized carbons (Fsp3) is 0.500. The van der Waals surface area contributed by atoms with Crippen molar-refractivity contribution in [3.05, 3.63) is 12.7 Å². The van der Waals surface area contributed by atoms with E-state index in [2.05, 4.69) is 15.0 Å². The van der Waals surface area contributed by atoms with Gasteiger partial charge in [-0.2, -0.15) is 0 Å². The van der Waals surface area contributed by atoms with Crippen molar-refractivity contribution in [2.75, 3.05) is 12.3 Å². The Morgan fingerprint density at radius 3 is 2.74 bits per heavy atom. The summed E-state index contributed by atoms with van der Waals surface area (Å²) in [5.74, 6) is 0.218. The SMILES string of the molecule is [13NH2]c1ncnc2c1ncn2C1OC(CO)C(O)C1O. The molecule has 1 aliphatic rings. The molecule has 0 aromatic carbocycles. The topological polar surface area (TPSA) is 140 Å². The predicted molar refractivity (Wildman–Crippen MR) is 62.7 cm³/mol. The van der Waals surface area contributed by atoms with E-state index in [9.17, 15) is 10.2 Å². The van der Waals surface area contributed by atoms with Crippen LogP contribution in [0.5, 0.6) is 0 Å². The number of nitrogens with zero attached hydrogens (tertiary/aromatic N) is 4. The number of aromatic nitrogens is 4. The highest BCUT2D eigenvalue weighted by Gasteiger charge is 2.43. The highest BCUT2D eigenvalue weighted by Crippen LogP contribution is 2.31. The number of nitrogens with two attached hydrogens (primary N) is 1. The summed E-state index contributed by atoms with van der Waals surface area (Å²) in [6.45, 7) is -0.390. The van der Waals surface area contributed by atoms with E-state index in [-0.39, 0.29) is 5.82 Å². The van der Waals surface area contributed by atoms with Gasteiger partial charge in [0.25, 0.3) is 0 Å². The molecule has 2 aromatic rings. The Labute approximate surface area is 107 Å². The maximum atomic E-state index is 9.95. The molecule has 4 unspecified atom stereocenters. The molecule has 19 heavy (non-hydrogen) atoms. The van der Waals surface area contributed by atoms with Crippen LogP contribution >= 0.6 is 0 Å². The predicted octanol–water partition coefficient (Wildman–Crippen LogP) is -1.98.